The topological polar surface area (TPSA) is 69.6 Å². The standard InChI is InChI=1S/C13H16N2O3/c1-13(10-6-3-2-4-7-10)11(17)14-12(18)15(13)8-5-9-16/h2-4,6-7,16H,5,8-9H2,1H3,(H,14,17,18). The Bertz CT molecular complexity index is 461. The third kappa shape index (κ3) is 1.86. The summed E-state index contributed by atoms with van der Waals surface area (Å²) in [5, 5.41) is 11.2. The van der Waals surface area contributed by atoms with Crippen molar-refractivity contribution in [1.29, 1.82) is 0 Å². The van der Waals surface area contributed by atoms with Gasteiger partial charge in [-0.3, -0.25) is 10.1 Å². The molecule has 0 radical (unpaired) electrons. The molecule has 96 valence electrons. The molecule has 2 N–H and O–H groups in total. The predicted octanol–water partition coefficient (Wildman–Crippen LogP) is 0.836. The zero-order chi connectivity index (χ0) is 13.2. The minimum atomic E-state index is -0.993. The molecule has 0 spiro atoms. The summed E-state index contributed by atoms with van der Waals surface area (Å²) in [6.45, 7) is 2.06. The van der Waals surface area contributed by atoms with Gasteiger partial charge in [0.2, 0.25) is 0 Å². The Labute approximate surface area is 105 Å². The molecule has 5 heteroatoms. The van der Waals surface area contributed by atoms with Crippen molar-refractivity contribution in [3.05, 3.63) is 35.9 Å². The number of aliphatic hydroxyl groups excluding tert-OH is 1. The molecule has 1 aromatic rings. The summed E-state index contributed by atoms with van der Waals surface area (Å²) < 4.78 is 0. The number of rotatable bonds is 4. The van der Waals surface area contributed by atoms with Gasteiger partial charge in [0.15, 0.2) is 0 Å². The lowest BCUT2D eigenvalue weighted by atomic mass is 9.90. The average molecular weight is 248 g/mol. The first-order valence-corrected chi connectivity index (χ1v) is 5.90. The van der Waals surface area contributed by atoms with E-state index in [1.165, 1.54) is 4.90 Å². The molecule has 18 heavy (non-hydrogen) atoms. The van der Waals surface area contributed by atoms with Gasteiger partial charge in [-0.2, -0.15) is 0 Å². The van der Waals surface area contributed by atoms with Crippen LogP contribution in [-0.4, -0.2) is 35.1 Å². The molecule has 1 aliphatic heterocycles. The maximum Gasteiger partial charge on any atom is 0.325 e. The first-order valence-electron chi connectivity index (χ1n) is 5.90. The van der Waals surface area contributed by atoms with Gasteiger partial charge in [-0.25, -0.2) is 4.79 Å². The van der Waals surface area contributed by atoms with Crippen molar-refractivity contribution in [3.63, 3.8) is 0 Å². The lowest BCUT2D eigenvalue weighted by Crippen LogP contribution is -2.44. The lowest BCUT2D eigenvalue weighted by Gasteiger charge is -2.32. The van der Waals surface area contributed by atoms with Crippen LogP contribution in [0.5, 0.6) is 0 Å². The first kappa shape index (κ1) is 12.6. The van der Waals surface area contributed by atoms with Crippen LogP contribution in [0.2, 0.25) is 0 Å². The molecule has 1 aliphatic rings. The van der Waals surface area contributed by atoms with Crippen LogP contribution in [0.25, 0.3) is 0 Å². The minimum Gasteiger partial charge on any atom is -0.396 e. The fraction of sp³-hybridized carbons (Fsp3) is 0.385. The number of carbonyl (C=O) groups is 2. The Balaban J connectivity index is 2.38. The van der Waals surface area contributed by atoms with Gasteiger partial charge in [0.1, 0.15) is 5.54 Å². The molecule has 0 aliphatic carbocycles. The largest absolute Gasteiger partial charge is 0.396 e. The molecule has 1 heterocycles. The van der Waals surface area contributed by atoms with Gasteiger partial charge in [0.05, 0.1) is 0 Å². The molecule has 1 saturated heterocycles. The van der Waals surface area contributed by atoms with Gasteiger partial charge >= 0.3 is 6.03 Å². The number of carbonyl (C=O) groups excluding carboxylic acids is 2. The van der Waals surface area contributed by atoms with Crippen LogP contribution in [0.4, 0.5) is 4.79 Å². The van der Waals surface area contributed by atoms with Crippen LogP contribution < -0.4 is 5.32 Å². The van der Waals surface area contributed by atoms with E-state index >= 15 is 0 Å². The number of hydrogen-bond donors (Lipinski definition) is 2. The third-order valence-corrected chi connectivity index (χ3v) is 3.32. The Morgan fingerprint density at radius 2 is 1.94 bits per heavy atom. The molecule has 1 fully saturated rings. The van der Waals surface area contributed by atoms with Crippen molar-refractivity contribution in [1.82, 2.24) is 10.2 Å². The zero-order valence-corrected chi connectivity index (χ0v) is 10.2. The van der Waals surface area contributed by atoms with Crippen molar-refractivity contribution < 1.29 is 14.7 Å². The Kier molecular flexibility index (Phi) is 3.34. The normalized spacial score (nSPS) is 23.3. The van der Waals surface area contributed by atoms with E-state index in [-0.39, 0.29) is 12.5 Å². The molecule has 3 amide bonds. The van der Waals surface area contributed by atoms with Crippen molar-refractivity contribution in [2.45, 2.75) is 18.9 Å². The third-order valence-electron chi connectivity index (χ3n) is 3.32. The van der Waals surface area contributed by atoms with Crippen molar-refractivity contribution in [2.75, 3.05) is 13.2 Å². The van der Waals surface area contributed by atoms with Gasteiger partial charge in [-0.05, 0) is 18.9 Å². The maximum atomic E-state index is 12.0. The van der Waals surface area contributed by atoms with Crippen LogP contribution >= 0.6 is 0 Å². The number of amides is 3. The minimum absolute atomic E-state index is 0.0111. The summed E-state index contributed by atoms with van der Waals surface area (Å²) in [6.07, 6.45) is 0.448. The van der Waals surface area contributed by atoms with Gasteiger partial charge in [0, 0.05) is 13.2 Å². The Morgan fingerprint density at radius 1 is 1.28 bits per heavy atom. The fourth-order valence-electron chi connectivity index (χ4n) is 2.22. The van der Waals surface area contributed by atoms with E-state index in [9.17, 15) is 9.59 Å². The van der Waals surface area contributed by atoms with Gasteiger partial charge < -0.3 is 10.0 Å². The summed E-state index contributed by atoms with van der Waals surface area (Å²) >= 11 is 0. The van der Waals surface area contributed by atoms with Gasteiger partial charge in [0.25, 0.3) is 5.91 Å². The smallest absolute Gasteiger partial charge is 0.325 e. The van der Waals surface area contributed by atoms with E-state index in [0.717, 1.165) is 5.56 Å². The number of nitrogens with zero attached hydrogens (tertiary/aromatic N) is 1. The summed E-state index contributed by atoms with van der Waals surface area (Å²) in [7, 11) is 0. The summed E-state index contributed by atoms with van der Waals surface area (Å²) in [4.78, 5) is 25.3. The monoisotopic (exact) mass is 248 g/mol. The molecule has 0 bridgehead atoms. The van der Waals surface area contributed by atoms with Crippen molar-refractivity contribution in [3.8, 4) is 0 Å². The summed E-state index contributed by atoms with van der Waals surface area (Å²) in [5.41, 5.74) is -0.223. The van der Waals surface area contributed by atoms with Gasteiger partial charge in [-0.15, -0.1) is 0 Å². The van der Waals surface area contributed by atoms with Crippen molar-refractivity contribution >= 4 is 11.9 Å². The first-order chi connectivity index (χ1) is 8.60. The quantitative estimate of drug-likeness (QED) is 0.776. The van der Waals surface area contributed by atoms with Crippen LogP contribution in [0, 0.1) is 0 Å². The molecule has 5 nitrogen and oxygen atoms in total. The molecular weight excluding hydrogens is 232 g/mol. The van der Waals surface area contributed by atoms with Gasteiger partial charge in [-0.1, -0.05) is 30.3 Å². The molecule has 0 aromatic heterocycles. The number of urea groups is 1. The number of benzene rings is 1. The van der Waals surface area contributed by atoms with E-state index in [1.807, 2.05) is 30.3 Å². The summed E-state index contributed by atoms with van der Waals surface area (Å²) in [6, 6.07) is 8.77. The van der Waals surface area contributed by atoms with E-state index in [1.54, 1.807) is 6.92 Å². The van der Waals surface area contributed by atoms with Crippen LogP contribution in [0.1, 0.15) is 18.9 Å². The van der Waals surface area contributed by atoms with E-state index < -0.39 is 11.6 Å². The second-order valence-electron chi connectivity index (χ2n) is 4.43. The second kappa shape index (κ2) is 4.78. The molecule has 1 unspecified atom stereocenters. The molecule has 1 atom stereocenters. The molecule has 2 rings (SSSR count). The van der Waals surface area contributed by atoms with E-state index in [4.69, 9.17) is 5.11 Å². The fourth-order valence-corrected chi connectivity index (χ4v) is 2.22. The summed E-state index contributed by atoms with van der Waals surface area (Å²) in [5.74, 6) is -0.323. The average Bonchev–Trinajstić information content (AvgIpc) is 2.60. The molecule has 1 aromatic carbocycles. The van der Waals surface area contributed by atoms with E-state index in [0.29, 0.717) is 13.0 Å². The van der Waals surface area contributed by atoms with Crippen LogP contribution in [-0.2, 0) is 10.3 Å². The molecule has 0 saturated carbocycles. The second-order valence-corrected chi connectivity index (χ2v) is 4.43. The molecular formula is C13H16N2O3. The van der Waals surface area contributed by atoms with Crippen LogP contribution in [0.3, 0.4) is 0 Å². The zero-order valence-electron chi connectivity index (χ0n) is 10.2. The SMILES string of the molecule is CC1(c2ccccc2)C(=O)NC(=O)N1CCCO. The number of nitrogens with one attached hydrogen (secondary N) is 1. The Morgan fingerprint density at radius 3 is 2.56 bits per heavy atom. The van der Waals surface area contributed by atoms with Crippen molar-refractivity contribution in [2.24, 2.45) is 0 Å². The number of hydrogen-bond acceptors (Lipinski definition) is 3. The predicted molar refractivity (Wildman–Crippen MR) is 65.7 cm³/mol. The Hall–Kier alpha value is -1.88. The number of imide groups is 1. The highest BCUT2D eigenvalue weighted by molar-refractivity contribution is 6.07. The lowest BCUT2D eigenvalue weighted by molar-refractivity contribution is -0.126. The van der Waals surface area contributed by atoms with E-state index in [2.05, 4.69) is 5.32 Å². The highest BCUT2D eigenvalue weighted by Crippen LogP contribution is 2.32. The van der Waals surface area contributed by atoms with Crippen LogP contribution in [0.15, 0.2) is 30.3 Å². The number of aliphatic hydroxyl groups is 1. The highest BCUT2D eigenvalue weighted by atomic mass is 16.3. The maximum absolute atomic E-state index is 12.0. The highest BCUT2D eigenvalue weighted by Gasteiger charge is 2.49.